The highest BCUT2D eigenvalue weighted by Gasteiger charge is 2.64. The van der Waals surface area contributed by atoms with E-state index in [1.807, 2.05) is 86.8 Å². The van der Waals surface area contributed by atoms with Crippen LogP contribution in [0.3, 0.4) is 0 Å². The van der Waals surface area contributed by atoms with Crippen LogP contribution in [0.15, 0.2) is 77.8 Å². The molecule has 4 aliphatic heterocycles. The number of benzene rings is 2. The van der Waals surface area contributed by atoms with Crippen molar-refractivity contribution in [3.8, 4) is 45.8 Å². The molecule has 0 radical (unpaired) electrons. The molecule has 10 aliphatic rings. The summed E-state index contributed by atoms with van der Waals surface area (Å²) in [4.78, 5) is 147. The highest BCUT2D eigenvalue weighted by Crippen LogP contribution is 2.54. The van der Waals surface area contributed by atoms with Crippen molar-refractivity contribution in [2.24, 2.45) is 46.3 Å². The molecule has 7 N–H and O–H groups in total. The number of halogens is 2. The fourth-order valence-electron chi connectivity index (χ4n) is 18.7. The van der Waals surface area contributed by atoms with Crippen molar-refractivity contribution in [1.82, 2.24) is 61.2 Å². The Bertz CT molecular complexity index is 5110. The number of carbonyl (C=O) groups excluding carboxylic acids is 9. The van der Waals surface area contributed by atoms with Crippen LogP contribution in [0.4, 0.5) is 20.7 Å². The number of anilines is 2. The number of hydrogen-bond donors (Lipinski definition) is 7. The van der Waals surface area contributed by atoms with E-state index in [0.29, 0.717) is 104 Å². The van der Waals surface area contributed by atoms with Crippen LogP contribution in [-0.4, -0.2) is 234 Å². The lowest BCUT2D eigenvalue weighted by Gasteiger charge is -2.35. The number of amides is 6. The molecular formula is C94H124Cl2N14O18S. The van der Waals surface area contributed by atoms with Crippen LogP contribution in [0, 0.1) is 46.3 Å². The number of hydrogen-bond acceptors (Lipinski definition) is 27. The van der Waals surface area contributed by atoms with Crippen molar-refractivity contribution in [3.05, 3.63) is 83.4 Å². The number of nitrogens with zero attached hydrogens (tertiary/aromatic N) is 7. The van der Waals surface area contributed by atoms with Gasteiger partial charge in [-0.25, -0.2) is 34.1 Å². The number of oxazole rings is 1. The van der Waals surface area contributed by atoms with Gasteiger partial charge >= 0.3 is 24.1 Å². The normalized spacial score (nSPS) is 26.3. The molecule has 35 heteroatoms. The van der Waals surface area contributed by atoms with Gasteiger partial charge in [-0.15, -0.1) is 24.5 Å². The number of ether oxygens (including phenoxy) is 8. The molecule has 32 nitrogen and oxygen atoms in total. The van der Waals surface area contributed by atoms with Gasteiger partial charge in [0.25, 0.3) is 6.01 Å². The van der Waals surface area contributed by atoms with Crippen molar-refractivity contribution in [1.29, 1.82) is 0 Å². The first kappa shape index (κ1) is 95.0. The van der Waals surface area contributed by atoms with Gasteiger partial charge in [0, 0.05) is 71.6 Å². The molecule has 0 bridgehead atoms. The second-order valence-electron chi connectivity index (χ2n) is 38.6. The molecule has 0 spiro atoms. The molecule has 4 aromatic heterocycles. The first-order valence-electron chi connectivity index (χ1n) is 45.4. The Labute approximate surface area is 766 Å². The number of pyridine rings is 2. The number of aldehydes is 1. The van der Waals surface area contributed by atoms with E-state index >= 15 is 0 Å². The highest BCUT2D eigenvalue weighted by atomic mass is 35.5. The summed E-state index contributed by atoms with van der Waals surface area (Å²) < 4.78 is 52.8. The van der Waals surface area contributed by atoms with Crippen LogP contribution in [-0.2, 0) is 52.5 Å². The van der Waals surface area contributed by atoms with Gasteiger partial charge in [0.2, 0.25) is 23.6 Å². The number of thiazole rings is 1. The minimum atomic E-state index is -1.33. The Morgan fingerprint density at radius 2 is 1.05 bits per heavy atom. The summed E-state index contributed by atoms with van der Waals surface area (Å²) in [5.41, 5.74) is -1.64. The van der Waals surface area contributed by atoms with Crippen molar-refractivity contribution < 1.29 is 85.5 Å². The van der Waals surface area contributed by atoms with Gasteiger partial charge in [-0.1, -0.05) is 89.7 Å². The second kappa shape index (κ2) is 40.3. The zero-order valence-electron chi connectivity index (χ0n) is 75.8. The molecule has 8 heterocycles. The molecule has 4 saturated heterocycles. The Kier molecular flexibility index (Phi) is 29.7. The molecular weight excluding hydrogens is 1720 g/mol. The number of fused-ring (bicyclic) bond motifs is 4. The number of esters is 2. The first-order valence-corrected chi connectivity index (χ1v) is 47.0. The lowest BCUT2D eigenvalue weighted by Crippen LogP contribution is -2.59. The van der Waals surface area contributed by atoms with Crippen LogP contribution in [0.1, 0.15) is 172 Å². The van der Waals surface area contributed by atoms with Gasteiger partial charge in [0.1, 0.15) is 124 Å². The quantitative estimate of drug-likeness (QED) is 0.00920. The van der Waals surface area contributed by atoms with Gasteiger partial charge in [0.15, 0.2) is 11.4 Å². The zero-order valence-corrected chi connectivity index (χ0v) is 78.2. The van der Waals surface area contributed by atoms with Crippen molar-refractivity contribution in [2.75, 3.05) is 83.9 Å². The average molecular weight is 1840 g/mol. The number of carbonyl (C=O) groups is 9. The number of nitrogens with one attached hydrogen (secondary N) is 7. The smallest absolute Gasteiger partial charge is 0.408 e. The van der Waals surface area contributed by atoms with E-state index in [2.05, 4.69) is 60.3 Å². The van der Waals surface area contributed by atoms with Crippen LogP contribution in [0.25, 0.3) is 44.6 Å². The predicted molar refractivity (Wildman–Crippen MR) is 488 cm³/mol. The zero-order chi connectivity index (χ0) is 92.1. The van der Waals surface area contributed by atoms with E-state index in [4.69, 9.17) is 80.5 Å². The van der Waals surface area contributed by atoms with E-state index in [1.165, 1.54) is 99.7 Å². The number of alkyl carbamates (subject to hydrolysis) is 2. The maximum absolute atomic E-state index is 14.9. The number of piperidine rings is 2. The van der Waals surface area contributed by atoms with E-state index in [9.17, 15) is 43.2 Å². The van der Waals surface area contributed by atoms with E-state index in [1.54, 1.807) is 36.4 Å². The van der Waals surface area contributed by atoms with E-state index in [0.717, 1.165) is 56.9 Å². The van der Waals surface area contributed by atoms with Gasteiger partial charge in [0.05, 0.1) is 49.7 Å². The van der Waals surface area contributed by atoms with Gasteiger partial charge < -0.3 is 89.3 Å². The first-order chi connectivity index (χ1) is 61.6. The molecule has 129 heavy (non-hydrogen) atoms. The lowest BCUT2D eigenvalue weighted by atomic mass is 9.85. The van der Waals surface area contributed by atoms with Crippen LogP contribution < -0.4 is 56.2 Å². The summed E-state index contributed by atoms with van der Waals surface area (Å²) in [6.45, 7) is 32.2. The van der Waals surface area contributed by atoms with Gasteiger partial charge in [-0.05, 0) is 190 Å². The van der Waals surface area contributed by atoms with Gasteiger partial charge in [-0.2, -0.15) is 4.98 Å². The molecule has 10 fully saturated rings. The largest absolute Gasteiger partial charge is 0.491 e. The van der Waals surface area contributed by atoms with Crippen molar-refractivity contribution in [3.63, 3.8) is 0 Å². The summed E-state index contributed by atoms with van der Waals surface area (Å²) in [5, 5.41) is 25.4. The predicted octanol–water partition coefficient (Wildman–Crippen LogP) is 13.4. The van der Waals surface area contributed by atoms with Gasteiger partial charge in [-0.3, -0.25) is 28.9 Å². The van der Waals surface area contributed by atoms with Crippen molar-refractivity contribution >= 4 is 122 Å². The molecule has 2 aromatic carbocycles. The third-order valence-corrected chi connectivity index (χ3v) is 27.6. The summed E-state index contributed by atoms with van der Waals surface area (Å²) in [7, 11) is 2.52. The summed E-state index contributed by atoms with van der Waals surface area (Å²) in [6.07, 6.45) is 16.1. The molecule has 6 aliphatic carbocycles. The van der Waals surface area contributed by atoms with Crippen LogP contribution in [0.5, 0.6) is 23.0 Å². The number of methoxy groups -OCH3 is 2. The summed E-state index contributed by atoms with van der Waals surface area (Å²) in [6, 6.07) is 6.56. The molecule has 6 saturated carbocycles. The Balaban J connectivity index is 0.000000196. The highest BCUT2D eigenvalue weighted by molar-refractivity contribution is 7.14. The number of rotatable bonds is 31. The second-order valence-corrected chi connectivity index (χ2v) is 40.2. The van der Waals surface area contributed by atoms with Crippen LogP contribution in [0.2, 0.25) is 10.0 Å². The van der Waals surface area contributed by atoms with Crippen molar-refractivity contribution in [2.45, 2.75) is 244 Å². The molecule has 6 aromatic rings. The fraction of sp³-hybridized carbons (Fsp3) is 0.606. The molecule has 4 unspecified atom stereocenters. The SMILES string of the molecule is C1CCNCC1.C=C[C@@H]1CC1(NC(=O)[C@@H]1C[C@@H](Oc2cc(-c3coc(NC(C)C)n3)nc3c(Cl)c(OCC=O)ccc23)CN1C(=O)[C@@H](NC(=O)OC1C[C@@H]2C[C@@H]2C1)C(C)(C)C)C(=O)OC.C=C[C@@H]1CC1(NC(=O)[C@@H]1C[C@@H](Oc2cc(-c3csc(NC(C)C)n3)nc3c(Cl)c(OCCN4CCCCC4)ccc23)CN1C(=O)[C@@H](NC(=O)OC1C[C@@H]2C[C@@H]2C1)C(C)(C)C)C(=O)OC. The topological polar surface area (TPSA) is 386 Å². The Morgan fingerprint density at radius 1 is 0.581 bits per heavy atom. The standard InChI is InChI=1S/C47H62ClN7O8S.C42H51ClN6O10.C5H11N/c1-8-29-23-47(29,43(58)60-7)53-41(56)35-21-31(24-55(35)42(57)40(46(4,5)6)52-45(59)63-30-19-27-18-28(27)20-30)62-37-22-33(34-25-64-44(51-34)49-26(2)3)50-39-32(37)12-13-36(38(39)48)61-17-16-54-14-10-9-11-15-54;1-8-24-18-42(24,38(53)55-7)48-36(51)30-16-26(19-49(30)37(52)35(41(4,5)6)47-40(54)59-25-14-22-13-23(22)15-25)58-32-17-28(29-20-57-39(46-29)44-21(2)3)45-34-27(32)9-10-31(33(34)43)56-12-11-50;1-2-4-6-5-3-1/h8,12-13,22,25-31,35,40H,1,9-11,14-21,23-24H2,2-7H3,(H,49,51)(H,52,59)(H,53,56);8-11,17,20-26,30,35H,1,12-16,18-19H2,2-7H3,(H,44,46)(H,47,54)(H,48,51);6H,1-5H2/t27-,28+,29-,30?,31-,35+,40-,47?;22-,23+,24-,25?,26-,30+,35-,42?;/m11./s1. The Morgan fingerprint density at radius 3 is 1.47 bits per heavy atom. The minimum Gasteiger partial charge on any atom is -0.491 e. The average Bonchev–Trinajstić information content (AvgIpc) is 1.58. The maximum atomic E-state index is 14.9. The van der Waals surface area contributed by atoms with E-state index in [-0.39, 0.29) is 97.4 Å². The molecule has 16 rings (SSSR count). The Hall–Kier alpha value is -10.1. The third kappa shape index (κ3) is 22.4. The fourth-order valence-corrected chi connectivity index (χ4v) is 20.1. The molecule has 6 amide bonds. The lowest BCUT2D eigenvalue weighted by molar-refractivity contribution is -0.149. The minimum absolute atomic E-state index is 0.00788. The maximum Gasteiger partial charge on any atom is 0.408 e. The molecule has 16 atom stereocenters. The monoisotopic (exact) mass is 1840 g/mol. The summed E-state index contributed by atoms with van der Waals surface area (Å²) in [5.74, 6) is -0.207. The summed E-state index contributed by atoms with van der Waals surface area (Å²) >= 11 is 15.4. The van der Waals surface area contributed by atoms with Crippen LogP contribution >= 0.6 is 34.5 Å². The third-order valence-electron chi connectivity index (χ3n) is 26.1. The number of likely N-dealkylation sites (tertiary alicyclic amines) is 3. The van der Waals surface area contributed by atoms with E-state index < -0.39 is 106 Å². The number of aromatic nitrogens is 4. The molecule has 698 valence electrons.